The molecule has 0 saturated heterocycles. The van der Waals surface area contributed by atoms with Gasteiger partial charge in [-0.3, -0.25) is 4.98 Å². The van der Waals surface area contributed by atoms with E-state index in [9.17, 15) is 0 Å². The number of nitrogens with one attached hydrogen (secondary N) is 1. The summed E-state index contributed by atoms with van der Waals surface area (Å²) in [5.74, 6) is 0.832. The fraction of sp³-hybridized carbons (Fsp3) is 0.353. The van der Waals surface area contributed by atoms with Gasteiger partial charge in [0.2, 0.25) is 0 Å². The lowest BCUT2D eigenvalue weighted by molar-refractivity contribution is 0.184. The Bertz CT molecular complexity index is 558. The zero-order valence-electron chi connectivity index (χ0n) is 12.6. The van der Waals surface area contributed by atoms with Gasteiger partial charge in [-0.05, 0) is 36.2 Å². The van der Waals surface area contributed by atoms with E-state index in [2.05, 4.69) is 17.2 Å². The molecule has 4 nitrogen and oxygen atoms in total. The van der Waals surface area contributed by atoms with Gasteiger partial charge in [0.05, 0.1) is 12.3 Å². The second-order valence-corrected chi connectivity index (χ2v) is 4.83. The molecule has 0 aliphatic heterocycles. The molecule has 4 heteroatoms. The van der Waals surface area contributed by atoms with Crippen LogP contribution in [-0.2, 0) is 18.0 Å². The van der Waals surface area contributed by atoms with Gasteiger partial charge in [0.1, 0.15) is 12.4 Å². The molecule has 0 radical (unpaired) electrons. The third-order valence-corrected chi connectivity index (χ3v) is 2.99. The monoisotopic (exact) mass is 286 g/mol. The Hall–Kier alpha value is -2.07. The fourth-order valence-electron chi connectivity index (χ4n) is 1.99. The lowest BCUT2D eigenvalue weighted by atomic mass is 10.2. The normalized spacial score (nSPS) is 10.4. The average molecular weight is 286 g/mol. The first-order valence-electron chi connectivity index (χ1n) is 7.21. The van der Waals surface area contributed by atoms with Gasteiger partial charge in [-0.1, -0.05) is 19.1 Å². The molecule has 21 heavy (non-hydrogen) atoms. The molecule has 0 unspecified atom stereocenters. The van der Waals surface area contributed by atoms with Crippen LogP contribution < -0.4 is 10.1 Å². The number of benzene rings is 1. The number of rotatable bonds is 8. The molecular formula is C17H22N2O2. The van der Waals surface area contributed by atoms with Crippen molar-refractivity contribution in [3.63, 3.8) is 0 Å². The van der Waals surface area contributed by atoms with Crippen LogP contribution in [0.5, 0.6) is 5.75 Å². The lowest BCUT2D eigenvalue weighted by Crippen LogP contribution is -2.03. The van der Waals surface area contributed by atoms with Crippen molar-refractivity contribution in [2.75, 3.05) is 19.0 Å². The molecule has 1 aromatic carbocycles. The van der Waals surface area contributed by atoms with Crippen LogP contribution in [0.4, 0.5) is 5.69 Å². The number of methoxy groups -OCH3 is 1. The van der Waals surface area contributed by atoms with E-state index in [1.807, 2.05) is 36.4 Å². The molecule has 112 valence electrons. The third-order valence-electron chi connectivity index (χ3n) is 2.99. The number of aromatic nitrogens is 1. The molecule has 2 aromatic rings. The summed E-state index contributed by atoms with van der Waals surface area (Å²) in [5, 5.41) is 3.35. The number of anilines is 1. The van der Waals surface area contributed by atoms with Crippen molar-refractivity contribution in [3.8, 4) is 5.75 Å². The lowest BCUT2D eigenvalue weighted by Gasteiger charge is -2.09. The molecule has 0 saturated carbocycles. The number of pyridine rings is 1. The van der Waals surface area contributed by atoms with E-state index in [0.29, 0.717) is 13.2 Å². The molecule has 2 rings (SSSR count). The van der Waals surface area contributed by atoms with Crippen molar-refractivity contribution in [2.24, 2.45) is 0 Å². The average Bonchev–Trinajstić information content (AvgIpc) is 2.52. The van der Waals surface area contributed by atoms with Crippen LogP contribution in [0.2, 0.25) is 0 Å². The Morgan fingerprint density at radius 1 is 1.14 bits per heavy atom. The van der Waals surface area contributed by atoms with Gasteiger partial charge in [0, 0.05) is 25.5 Å². The maximum Gasteiger partial charge on any atom is 0.130 e. The molecule has 0 atom stereocenters. The first-order valence-corrected chi connectivity index (χ1v) is 7.21. The minimum Gasteiger partial charge on any atom is -0.487 e. The topological polar surface area (TPSA) is 43.4 Å². The van der Waals surface area contributed by atoms with E-state index in [-0.39, 0.29) is 0 Å². The molecule has 0 bridgehead atoms. The van der Waals surface area contributed by atoms with Crippen LogP contribution in [0, 0.1) is 0 Å². The summed E-state index contributed by atoms with van der Waals surface area (Å²) in [4.78, 5) is 4.33. The van der Waals surface area contributed by atoms with Gasteiger partial charge in [-0.25, -0.2) is 0 Å². The number of nitrogens with zero attached hydrogens (tertiary/aromatic N) is 1. The molecule has 1 N–H and O–H groups in total. The quantitative estimate of drug-likeness (QED) is 0.804. The van der Waals surface area contributed by atoms with E-state index < -0.39 is 0 Å². The summed E-state index contributed by atoms with van der Waals surface area (Å²) in [6.45, 7) is 4.15. The predicted molar refractivity (Wildman–Crippen MR) is 84.5 cm³/mol. The molecule has 0 spiro atoms. The molecule has 0 aliphatic carbocycles. The van der Waals surface area contributed by atoms with E-state index in [0.717, 1.165) is 35.7 Å². The van der Waals surface area contributed by atoms with Crippen molar-refractivity contribution in [2.45, 2.75) is 26.6 Å². The summed E-state index contributed by atoms with van der Waals surface area (Å²) in [5.41, 5.74) is 3.09. The maximum absolute atomic E-state index is 5.79. The standard InChI is InChI=1S/C17H22N2O2/c1-3-8-18-15-7-9-19-16(11-15)13-21-17-6-4-5-14(10-17)12-20-2/h4-7,9-11H,3,8,12-13H2,1-2H3,(H,18,19). The predicted octanol–water partition coefficient (Wildman–Crippen LogP) is 3.63. The highest BCUT2D eigenvalue weighted by atomic mass is 16.5. The van der Waals surface area contributed by atoms with Gasteiger partial charge in [-0.15, -0.1) is 0 Å². The van der Waals surface area contributed by atoms with Crippen molar-refractivity contribution >= 4 is 5.69 Å². The zero-order valence-corrected chi connectivity index (χ0v) is 12.6. The highest BCUT2D eigenvalue weighted by molar-refractivity contribution is 5.43. The fourth-order valence-corrected chi connectivity index (χ4v) is 1.99. The summed E-state index contributed by atoms with van der Waals surface area (Å²) in [6, 6.07) is 11.9. The van der Waals surface area contributed by atoms with Crippen LogP contribution in [0.1, 0.15) is 24.6 Å². The maximum atomic E-state index is 5.79. The van der Waals surface area contributed by atoms with Gasteiger partial charge >= 0.3 is 0 Å². The molecule has 0 aliphatic rings. The minimum atomic E-state index is 0.456. The van der Waals surface area contributed by atoms with E-state index in [4.69, 9.17) is 9.47 Å². The number of hydrogen-bond acceptors (Lipinski definition) is 4. The van der Waals surface area contributed by atoms with Crippen LogP contribution in [0.25, 0.3) is 0 Å². The van der Waals surface area contributed by atoms with Crippen LogP contribution in [0.15, 0.2) is 42.6 Å². The second-order valence-electron chi connectivity index (χ2n) is 4.83. The van der Waals surface area contributed by atoms with Crippen molar-refractivity contribution in [3.05, 3.63) is 53.9 Å². The third kappa shape index (κ3) is 5.08. The van der Waals surface area contributed by atoms with E-state index in [1.54, 1.807) is 13.3 Å². The number of hydrogen-bond donors (Lipinski definition) is 1. The summed E-state index contributed by atoms with van der Waals surface area (Å²) in [7, 11) is 1.69. The van der Waals surface area contributed by atoms with Crippen molar-refractivity contribution < 1.29 is 9.47 Å². The van der Waals surface area contributed by atoms with Gasteiger partial charge < -0.3 is 14.8 Å². The summed E-state index contributed by atoms with van der Waals surface area (Å²) < 4.78 is 10.9. The van der Waals surface area contributed by atoms with Gasteiger partial charge in [-0.2, -0.15) is 0 Å². The largest absolute Gasteiger partial charge is 0.487 e. The minimum absolute atomic E-state index is 0.456. The van der Waals surface area contributed by atoms with E-state index >= 15 is 0 Å². The highest BCUT2D eigenvalue weighted by Crippen LogP contribution is 2.16. The van der Waals surface area contributed by atoms with Crippen LogP contribution in [0.3, 0.4) is 0 Å². The first kappa shape index (κ1) is 15.3. The molecule has 1 heterocycles. The van der Waals surface area contributed by atoms with Crippen LogP contribution >= 0.6 is 0 Å². The highest BCUT2D eigenvalue weighted by Gasteiger charge is 2.00. The van der Waals surface area contributed by atoms with Crippen LogP contribution in [-0.4, -0.2) is 18.6 Å². The Labute approximate surface area is 126 Å². The molecule has 1 aromatic heterocycles. The van der Waals surface area contributed by atoms with Gasteiger partial charge in [0.25, 0.3) is 0 Å². The first-order chi connectivity index (χ1) is 10.3. The van der Waals surface area contributed by atoms with Crippen molar-refractivity contribution in [1.29, 1.82) is 0 Å². The Kier molecular flexibility index (Phi) is 6.03. The summed E-state index contributed by atoms with van der Waals surface area (Å²) in [6.07, 6.45) is 2.90. The molecular weight excluding hydrogens is 264 g/mol. The van der Waals surface area contributed by atoms with E-state index in [1.165, 1.54) is 0 Å². The Morgan fingerprint density at radius 2 is 2.05 bits per heavy atom. The number of ether oxygens (including phenoxy) is 2. The zero-order chi connectivity index (χ0) is 14.9. The van der Waals surface area contributed by atoms with Gasteiger partial charge in [0.15, 0.2) is 0 Å². The smallest absolute Gasteiger partial charge is 0.130 e. The SMILES string of the molecule is CCCNc1ccnc(COc2cccc(COC)c2)c1. The van der Waals surface area contributed by atoms with Crippen molar-refractivity contribution in [1.82, 2.24) is 4.98 Å². The molecule has 0 fully saturated rings. The second kappa shape index (κ2) is 8.27. The molecule has 0 amide bonds. The Balaban J connectivity index is 1.94. The Morgan fingerprint density at radius 3 is 2.86 bits per heavy atom. The summed E-state index contributed by atoms with van der Waals surface area (Å²) >= 11 is 0.